The minimum absolute atomic E-state index is 0.278. The summed E-state index contributed by atoms with van der Waals surface area (Å²) >= 11 is 0. The van der Waals surface area contributed by atoms with Crippen LogP contribution in [0.5, 0.6) is 23.0 Å². The maximum absolute atomic E-state index is 6.20. The van der Waals surface area contributed by atoms with E-state index in [1.807, 2.05) is 18.2 Å². The van der Waals surface area contributed by atoms with Crippen molar-refractivity contribution < 1.29 is 18.9 Å². The minimum atomic E-state index is 0.278. The van der Waals surface area contributed by atoms with Gasteiger partial charge in [0.2, 0.25) is 0 Å². The van der Waals surface area contributed by atoms with Gasteiger partial charge in [0.05, 0.1) is 27.4 Å². The Kier molecular flexibility index (Phi) is 5.10. The summed E-state index contributed by atoms with van der Waals surface area (Å²) < 4.78 is 22.9. The number of fused-ring (bicyclic) bond motifs is 5. The number of hydrogen-bond acceptors (Lipinski definition) is 5. The van der Waals surface area contributed by atoms with Gasteiger partial charge in [0, 0.05) is 18.3 Å². The van der Waals surface area contributed by atoms with E-state index >= 15 is 0 Å². The van der Waals surface area contributed by atoms with Gasteiger partial charge in [0.15, 0.2) is 23.0 Å². The predicted octanol–water partition coefficient (Wildman–Crippen LogP) is 4.95. The lowest BCUT2D eigenvalue weighted by Gasteiger charge is -2.34. The summed E-state index contributed by atoms with van der Waals surface area (Å²) in [5.74, 6) is 3.14. The molecule has 0 bridgehead atoms. The third kappa shape index (κ3) is 3.44. The Labute approximate surface area is 183 Å². The zero-order valence-electron chi connectivity index (χ0n) is 18.2. The maximum Gasteiger partial charge on any atom is 0.162 e. The van der Waals surface area contributed by atoms with E-state index in [2.05, 4.69) is 41.3 Å². The molecule has 0 N–H and O–H groups in total. The summed E-state index contributed by atoms with van der Waals surface area (Å²) in [5, 5.41) is 0. The number of methoxy groups -OCH3 is 3. The summed E-state index contributed by atoms with van der Waals surface area (Å²) in [6, 6.07) is 19.0. The highest BCUT2D eigenvalue weighted by Gasteiger charge is 2.36. The Hall–Kier alpha value is -3.34. The molecule has 5 nitrogen and oxygen atoms in total. The van der Waals surface area contributed by atoms with Crippen LogP contribution >= 0.6 is 0 Å². The van der Waals surface area contributed by atoms with Crippen molar-refractivity contribution in [1.82, 2.24) is 0 Å². The Morgan fingerprint density at radius 3 is 2.23 bits per heavy atom. The average Bonchev–Trinajstić information content (AvgIpc) is 3.19. The molecule has 2 heterocycles. The van der Waals surface area contributed by atoms with E-state index in [9.17, 15) is 0 Å². The molecule has 160 valence electrons. The van der Waals surface area contributed by atoms with E-state index in [0.717, 1.165) is 47.9 Å². The van der Waals surface area contributed by atoms with Crippen LogP contribution in [0.1, 0.15) is 28.3 Å². The molecule has 2 aliphatic rings. The van der Waals surface area contributed by atoms with Gasteiger partial charge in [-0.15, -0.1) is 0 Å². The normalized spacial score (nSPS) is 16.2. The highest BCUT2D eigenvalue weighted by Crippen LogP contribution is 2.49. The molecule has 0 fully saturated rings. The zero-order valence-corrected chi connectivity index (χ0v) is 18.2. The zero-order chi connectivity index (χ0) is 21.4. The second-order valence-corrected chi connectivity index (χ2v) is 7.98. The SMILES string of the molecule is COc1cc2c(cc1OC)N1CCc3cc(OC)c(OCc4ccccc4)cc3C1C2. The Balaban J connectivity index is 1.48. The molecule has 0 aliphatic carbocycles. The standard InChI is InChI=1S/C26H27NO4/c1-28-23-13-19-11-22-20-14-26(31-16-17-7-5-4-6-8-17)24(29-2)12-18(20)9-10-27(22)21(19)15-25(23)30-3/h4-8,12-15,22H,9-11,16H2,1-3H3. The van der Waals surface area contributed by atoms with Crippen LogP contribution in [0.15, 0.2) is 54.6 Å². The summed E-state index contributed by atoms with van der Waals surface area (Å²) in [5.41, 5.74) is 6.30. The van der Waals surface area contributed by atoms with Crippen molar-refractivity contribution in [2.45, 2.75) is 25.5 Å². The first kappa shape index (κ1) is 19.6. The topological polar surface area (TPSA) is 40.2 Å². The molecule has 5 rings (SSSR count). The smallest absolute Gasteiger partial charge is 0.162 e. The van der Waals surface area contributed by atoms with E-state index in [-0.39, 0.29) is 6.04 Å². The average molecular weight is 418 g/mol. The third-order valence-electron chi connectivity index (χ3n) is 6.33. The molecule has 5 heteroatoms. The fraction of sp³-hybridized carbons (Fsp3) is 0.308. The highest BCUT2D eigenvalue weighted by atomic mass is 16.5. The Morgan fingerprint density at radius 1 is 0.806 bits per heavy atom. The van der Waals surface area contributed by atoms with E-state index in [0.29, 0.717) is 6.61 Å². The van der Waals surface area contributed by atoms with E-state index < -0.39 is 0 Å². The van der Waals surface area contributed by atoms with Crippen LogP contribution in [0.3, 0.4) is 0 Å². The third-order valence-corrected chi connectivity index (χ3v) is 6.33. The minimum Gasteiger partial charge on any atom is -0.493 e. The number of hydrogen-bond donors (Lipinski definition) is 0. The molecule has 0 spiro atoms. The summed E-state index contributed by atoms with van der Waals surface area (Å²) in [7, 11) is 5.07. The fourth-order valence-electron chi connectivity index (χ4n) is 4.77. The van der Waals surface area contributed by atoms with Crippen LogP contribution in [-0.2, 0) is 19.4 Å². The van der Waals surface area contributed by atoms with Gasteiger partial charge in [0.25, 0.3) is 0 Å². The summed E-state index contributed by atoms with van der Waals surface area (Å²) in [6.45, 7) is 1.48. The van der Waals surface area contributed by atoms with Crippen molar-refractivity contribution in [2.24, 2.45) is 0 Å². The van der Waals surface area contributed by atoms with Crippen LogP contribution in [0.4, 0.5) is 5.69 Å². The molecular weight excluding hydrogens is 390 g/mol. The first-order valence-electron chi connectivity index (χ1n) is 10.6. The Morgan fingerprint density at radius 2 is 1.48 bits per heavy atom. The van der Waals surface area contributed by atoms with Crippen LogP contribution in [-0.4, -0.2) is 27.9 Å². The molecule has 0 radical (unpaired) electrons. The molecule has 1 unspecified atom stereocenters. The van der Waals surface area contributed by atoms with Gasteiger partial charge >= 0.3 is 0 Å². The molecule has 1 atom stereocenters. The number of nitrogens with zero attached hydrogens (tertiary/aromatic N) is 1. The largest absolute Gasteiger partial charge is 0.493 e. The maximum atomic E-state index is 6.20. The monoisotopic (exact) mass is 417 g/mol. The van der Waals surface area contributed by atoms with Crippen molar-refractivity contribution >= 4 is 5.69 Å². The van der Waals surface area contributed by atoms with Crippen LogP contribution in [0.25, 0.3) is 0 Å². The lowest BCUT2D eigenvalue weighted by Crippen LogP contribution is -2.32. The van der Waals surface area contributed by atoms with Crippen molar-refractivity contribution in [3.05, 3.63) is 76.9 Å². The predicted molar refractivity (Wildman–Crippen MR) is 121 cm³/mol. The van der Waals surface area contributed by atoms with Gasteiger partial charge in [0.1, 0.15) is 6.61 Å². The number of benzene rings is 3. The van der Waals surface area contributed by atoms with Gasteiger partial charge in [-0.2, -0.15) is 0 Å². The van der Waals surface area contributed by atoms with Gasteiger partial charge < -0.3 is 23.8 Å². The molecule has 3 aromatic rings. The summed E-state index contributed by atoms with van der Waals surface area (Å²) in [6.07, 6.45) is 1.90. The molecule has 31 heavy (non-hydrogen) atoms. The van der Waals surface area contributed by atoms with Crippen LogP contribution in [0.2, 0.25) is 0 Å². The Bertz CT molecular complexity index is 1100. The van der Waals surface area contributed by atoms with Gasteiger partial charge in [-0.1, -0.05) is 30.3 Å². The van der Waals surface area contributed by atoms with Crippen molar-refractivity contribution in [2.75, 3.05) is 32.8 Å². The molecule has 2 aliphatic heterocycles. The van der Waals surface area contributed by atoms with Crippen molar-refractivity contribution in [3.63, 3.8) is 0 Å². The first-order valence-corrected chi connectivity index (χ1v) is 10.6. The number of anilines is 1. The molecule has 0 saturated heterocycles. The molecule has 0 saturated carbocycles. The van der Waals surface area contributed by atoms with E-state index in [4.69, 9.17) is 18.9 Å². The first-order chi connectivity index (χ1) is 15.2. The number of rotatable bonds is 6. The van der Waals surface area contributed by atoms with Gasteiger partial charge in [-0.25, -0.2) is 0 Å². The van der Waals surface area contributed by atoms with Gasteiger partial charge in [-0.05, 0) is 53.3 Å². The second kappa shape index (κ2) is 8.06. The molecule has 0 aromatic heterocycles. The summed E-state index contributed by atoms with van der Waals surface area (Å²) in [4.78, 5) is 2.48. The fourth-order valence-corrected chi connectivity index (χ4v) is 4.77. The van der Waals surface area contributed by atoms with Crippen LogP contribution < -0.4 is 23.8 Å². The van der Waals surface area contributed by atoms with Crippen molar-refractivity contribution in [3.8, 4) is 23.0 Å². The highest BCUT2D eigenvalue weighted by molar-refractivity contribution is 5.69. The quantitative estimate of drug-likeness (QED) is 0.567. The van der Waals surface area contributed by atoms with Crippen LogP contribution in [0, 0.1) is 0 Å². The molecule has 0 amide bonds. The lowest BCUT2D eigenvalue weighted by molar-refractivity contribution is 0.283. The lowest BCUT2D eigenvalue weighted by atomic mass is 9.91. The second-order valence-electron chi connectivity index (χ2n) is 7.98. The van der Waals surface area contributed by atoms with E-state index in [1.165, 1.54) is 22.4 Å². The van der Waals surface area contributed by atoms with E-state index in [1.54, 1.807) is 21.3 Å². The van der Waals surface area contributed by atoms with Crippen molar-refractivity contribution in [1.29, 1.82) is 0 Å². The molecule has 3 aromatic carbocycles. The van der Waals surface area contributed by atoms with Gasteiger partial charge in [-0.3, -0.25) is 0 Å². The molecular formula is C26H27NO4. The number of ether oxygens (including phenoxy) is 4.